The van der Waals surface area contributed by atoms with Crippen molar-refractivity contribution in [2.45, 2.75) is 19.6 Å². The highest BCUT2D eigenvalue weighted by Gasteiger charge is 2.27. The first-order valence-electron chi connectivity index (χ1n) is 11.8. The van der Waals surface area contributed by atoms with Gasteiger partial charge in [0.25, 0.3) is 5.56 Å². The largest absolute Gasteiger partial charge is 0.383 e. The SMILES string of the molecule is COCc1ncc(-c2nn([C@H](C)c3nc4ccc(F)cn4c(=O)c3-c3cccc(F)c3)c3ncnc(N)c23)s1. The number of nitrogen functional groups attached to an aromatic ring is 1. The predicted octanol–water partition coefficient (Wildman–Crippen LogP) is 4.24. The van der Waals surface area contributed by atoms with E-state index in [1.165, 1.54) is 48.0 Å². The summed E-state index contributed by atoms with van der Waals surface area (Å²) in [6, 6.07) is 7.56. The zero-order valence-corrected chi connectivity index (χ0v) is 21.5. The number of hydrogen-bond donors (Lipinski definition) is 1. The van der Waals surface area contributed by atoms with Gasteiger partial charge in [0.15, 0.2) is 5.65 Å². The lowest BCUT2D eigenvalue weighted by Gasteiger charge is -2.18. The van der Waals surface area contributed by atoms with Crippen LogP contribution < -0.4 is 11.3 Å². The lowest BCUT2D eigenvalue weighted by atomic mass is 10.0. The van der Waals surface area contributed by atoms with E-state index in [1.54, 1.807) is 31.0 Å². The van der Waals surface area contributed by atoms with Crippen LogP contribution >= 0.6 is 11.3 Å². The molecule has 1 aromatic carbocycles. The van der Waals surface area contributed by atoms with Gasteiger partial charge in [-0.15, -0.1) is 11.3 Å². The first-order chi connectivity index (χ1) is 18.9. The fourth-order valence-electron chi connectivity index (χ4n) is 4.51. The first-order valence-corrected chi connectivity index (χ1v) is 12.6. The molecule has 2 N–H and O–H groups in total. The van der Waals surface area contributed by atoms with E-state index in [9.17, 15) is 13.6 Å². The minimum atomic E-state index is -0.678. The topological polar surface area (TPSA) is 126 Å². The monoisotopic (exact) mass is 546 g/mol. The van der Waals surface area contributed by atoms with Crippen molar-refractivity contribution in [3.63, 3.8) is 0 Å². The molecule has 0 saturated carbocycles. The zero-order valence-electron chi connectivity index (χ0n) is 20.7. The number of benzene rings is 1. The van der Waals surface area contributed by atoms with Crippen LogP contribution in [0.25, 0.3) is 38.4 Å². The third-order valence-electron chi connectivity index (χ3n) is 6.26. The van der Waals surface area contributed by atoms with Crippen molar-refractivity contribution in [3.05, 3.63) is 87.8 Å². The highest BCUT2D eigenvalue weighted by Crippen LogP contribution is 2.36. The number of rotatable bonds is 6. The van der Waals surface area contributed by atoms with E-state index in [-0.39, 0.29) is 17.0 Å². The molecule has 5 heterocycles. The standard InChI is InChI=1S/C26H20F2N8O2S/c1-13(36-25-21(24(29)31-12-32-25)23(34-36)17-9-30-19(39-17)11-38-2)22-20(14-4-3-5-15(27)8-14)26(37)35-10-16(28)6-7-18(35)33-22/h3-10,12-13H,11H2,1-2H3,(H2,29,31,32)/t13-/m1/s1. The van der Waals surface area contributed by atoms with Crippen LogP contribution in [-0.4, -0.2) is 41.2 Å². The smallest absolute Gasteiger partial charge is 0.266 e. The van der Waals surface area contributed by atoms with Crippen LogP contribution in [0.1, 0.15) is 23.7 Å². The number of pyridine rings is 1. The van der Waals surface area contributed by atoms with Gasteiger partial charge in [0, 0.05) is 19.5 Å². The van der Waals surface area contributed by atoms with Crippen LogP contribution in [0.2, 0.25) is 0 Å². The molecule has 0 aliphatic carbocycles. The Morgan fingerprint density at radius 1 is 1.13 bits per heavy atom. The number of nitrogens with two attached hydrogens (primary N) is 1. The van der Waals surface area contributed by atoms with Gasteiger partial charge < -0.3 is 10.5 Å². The number of aromatic nitrogens is 7. The molecule has 0 bridgehead atoms. The van der Waals surface area contributed by atoms with Crippen LogP contribution in [0, 0.1) is 11.6 Å². The van der Waals surface area contributed by atoms with Gasteiger partial charge in [0.2, 0.25) is 0 Å². The van der Waals surface area contributed by atoms with Gasteiger partial charge in [-0.3, -0.25) is 9.20 Å². The summed E-state index contributed by atoms with van der Waals surface area (Å²) in [5, 5.41) is 6.10. The number of hydrogen-bond acceptors (Lipinski definition) is 9. The van der Waals surface area contributed by atoms with Crippen molar-refractivity contribution in [1.29, 1.82) is 0 Å². The highest BCUT2D eigenvalue weighted by molar-refractivity contribution is 7.15. The van der Waals surface area contributed by atoms with Gasteiger partial charge in [0.1, 0.15) is 40.1 Å². The average Bonchev–Trinajstić information content (AvgIpc) is 3.54. The fourth-order valence-corrected chi connectivity index (χ4v) is 5.39. The van der Waals surface area contributed by atoms with Gasteiger partial charge in [-0.1, -0.05) is 12.1 Å². The van der Waals surface area contributed by atoms with Gasteiger partial charge >= 0.3 is 0 Å². The summed E-state index contributed by atoms with van der Waals surface area (Å²) in [6.45, 7) is 2.14. The molecule has 196 valence electrons. The molecule has 0 fully saturated rings. The second-order valence-corrected chi connectivity index (χ2v) is 9.86. The van der Waals surface area contributed by atoms with Crippen LogP contribution in [-0.2, 0) is 11.3 Å². The quantitative estimate of drug-likeness (QED) is 0.329. The summed E-state index contributed by atoms with van der Waals surface area (Å²) in [5.41, 5.74) is 7.58. The molecule has 6 aromatic rings. The maximum Gasteiger partial charge on any atom is 0.266 e. The van der Waals surface area contributed by atoms with E-state index in [1.807, 2.05) is 0 Å². The van der Waals surface area contributed by atoms with Crippen molar-refractivity contribution >= 4 is 33.8 Å². The third-order valence-corrected chi connectivity index (χ3v) is 7.24. The molecule has 13 heteroatoms. The Kier molecular flexibility index (Phi) is 6.08. The first kappa shape index (κ1) is 24.7. The lowest BCUT2D eigenvalue weighted by molar-refractivity contribution is 0.184. The normalized spacial score (nSPS) is 12.4. The van der Waals surface area contributed by atoms with Crippen molar-refractivity contribution in [2.75, 3.05) is 12.8 Å². The molecule has 0 aliphatic heterocycles. The summed E-state index contributed by atoms with van der Waals surface area (Å²) in [4.78, 5) is 32.1. The number of methoxy groups -OCH3 is 1. The predicted molar refractivity (Wildman–Crippen MR) is 142 cm³/mol. The summed E-state index contributed by atoms with van der Waals surface area (Å²) < 4.78 is 36.2. The van der Waals surface area contributed by atoms with Crippen molar-refractivity contribution < 1.29 is 13.5 Å². The molecule has 1 atom stereocenters. The van der Waals surface area contributed by atoms with Crippen molar-refractivity contribution in [2.24, 2.45) is 0 Å². The summed E-state index contributed by atoms with van der Waals surface area (Å²) >= 11 is 1.39. The van der Waals surface area contributed by atoms with Gasteiger partial charge in [-0.2, -0.15) is 5.10 Å². The van der Waals surface area contributed by atoms with E-state index in [0.717, 1.165) is 20.5 Å². The van der Waals surface area contributed by atoms with Gasteiger partial charge in [-0.05, 0) is 36.8 Å². The van der Waals surface area contributed by atoms with E-state index in [4.69, 9.17) is 20.6 Å². The molecule has 10 nitrogen and oxygen atoms in total. The Hall–Kier alpha value is -4.62. The maximum absolute atomic E-state index is 14.3. The van der Waals surface area contributed by atoms with E-state index in [2.05, 4.69) is 15.0 Å². The molecule has 0 amide bonds. The molecule has 5 aromatic heterocycles. The molecule has 0 radical (unpaired) electrons. The minimum Gasteiger partial charge on any atom is -0.383 e. The molecular weight excluding hydrogens is 526 g/mol. The Morgan fingerprint density at radius 3 is 2.77 bits per heavy atom. The van der Waals surface area contributed by atoms with Crippen molar-refractivity contribution in [1.82, 2.24) is 34.1 Å². The molecule has 0 aliphatic rings. The van der Waals surface area contributed by atoms with E-state index >= 15 is 0 Å². The summed E-state index contributed by atoms with van der Waals surface area (Å²) in [7, 11) is 1.59. The molecule has 0 spiro atoms. The highest BCUT2D eigenvalue weighted by atomic mass is 32.1. The third kappa shape index (κ3) is 4.21. The number of thiazole rings is 1. The number of nitrogens with zero attached hydrogens (tertiary/aromatic N) is 7. The average molecular weight is 547 g/mol. The molecular formula is C26H20F2N8O2S. The fraction of sp³-hybridized carbons (Fsp3) is 0.154. The summed E-state index contributed by atoms with van der Waals surface area (Å²) in [5.74, 6) is -0.911. The van der Waals surface area contributed by atoms with Gasteiger partial charge in [-0.25, -0.2) is 33.4 Å². The Bertz CT molecular complexity index is 1930. The minimum absolute atomic E-state index is 0.109. The second-order valence-electron chi connectivity index (χ2n) is 8.74. The molecule has 39 heavy (non-hydrogen) atoms. The van der Waals surface area contributed by atoms with Gasteiger partial charge in [0.05, 0.1) is 34.2 Å². The number of ether oxygens (including phenoxy) is 1. The van der Waals surface area contributed by atoms with Crippen LogP contribution in [0.4, 0.5) is 14.6 Å². The molecule has 0 saturated heterocycles. The number of anilines is 1. The van der Waals surface area contributed by atoms with E-state index < -0.39 is 23.2 Å². The lowest BCUT2D eigenvalue weighted by Crippen LogP contribution is -2.23. The van der Waals surface area contributed by atoms with Crippen molar-refractivity contribution in [3.8, 4) is 21.7 Å². The second kappa shape index (κ2) is 9.60. The summed E-state index contributed by atoms with van der Waals surface area (Å²) in [6.07, 6.45) is 4.06. The number of halogens is 2. The molecule has 6 rings (SSSR count). The molecule has 0 unspecified atom stereocenters. The Balaban J connectivity index is 1.61. The van der Waals surface area contributed by atoms with Crippen LogP contribution in [0.3, 0.4) is 0 Å². The van der Waals surface area contributed by atoms with Crippen LogP contribution in [0.5, 0.6) is 0 Å². The number of fused-ring (bicyclic) bond motifs is 2. The van der Waals surface area contributed by atoms with Crippen LogP contribution in [0.15, 0.2) is 59.9 Å². The Morgan fingerprint density at radius 2 is 1.97 bits per heavy atom. The Labute approximate surface area is 223 Å². The maximum atomic E-state index is 14.3. The van der Waals surface area contributed by atoms with E-state index in [0.29, 0.717) is 34.6 Å². The zero-order chi connectivity index (χ0) is 27.3.